The fourth-order valence-electron chi connectivity index (χ4n) is 3.33. The van der Waals surface area contributed by atoms with Crippen molar-refractivity contribution in [3.8, 4) is 5.75 Å². The second-order valence-corrected chi connectivity index (χ2v) is 6.98. The molecule has 1 aliphatic rings. The number of hydrogen-bond donors (Lipinski definition) is 1. The number of benzene rings is 1. The highest BCUT2D eigenvalue weighted by atomic mass is 35.5. The maximum Gasteiger partial charge on any atom is 0.222 e. The predicted molar refractivity (Wildman–Crippen MR) is 106 cm³/mol. The zero-order chi connectivity index (χ0) is 17.4. The van der Waals surface area contributed by atoms with Crippen molar-refractivity contribution in [3.63, 3.8) is 0 Å². The predicted octanol–water partition coefficient (Wildman–Crippen LogP) is 3.73. The minimum Gasteiger partial charge on any atom is -0.493 e. The Morgan fingerprint density at radius 2 is 2.12 bits per heavy atom. The normalized spacial score (nSPS) is 17.1. The van der Waals surface area contributed by atoms with Gasteiger partial charge in [-0.25, -0.2) is 0 Å². The van der Waals surface area contributed by atoms with Crippen LogP contribution in [0.5, 0.6) is 5.75 Å². The van der Waals surface area contributed by atoms with Gasteiger partial charge in [-0.15, -0.1) is 12.4 Å². The molecule has 0 radical (unpaired) electrons. The number of aryl methyl sites for hydroxylation is 2. The molecule has 4 nitrogen and oxygen atoms in total. The Kier molecular flexibility index (Phi) is 9.91. The average Bonchev–Trinajstić information content (AvgIpc) is 2.58. The Labute approximate surface area is 158 Å². The number of ether oxygens (including phenoxy) is 1. The molecule has 142 valence electrons. The topological polar surface area (TPSA) is 41.6 Å². The number of halogens is 1. The Hall–Kier alpha value is -1.26. The van der Waals surface area contributed by atoms with E-state index in [2.05, 4.69) is 42.3 Å². The van der Waals surface area contributed by atoms with E-state index in [9.17, 15) is 4.79 Å². The van der Waals surface area contributed by atoms with Gasteiger partial charge in [-0.2, -0.15) is 0 Å². The number of unbranched alkanes of at least 4 members (excludes halogenated alkanes) is 1. The molecule has 1 aromatic rings. The van der Waals surface area contributed by atoms with Gasteiger partial charge in [0.2, 0.25) is 5.91 Å². The van der Waals surface area contributed by atoms with Crippen molar-refractivity contribution in [1.82, 2.24) is 10.2 Å². The van der Waals surface area contributed by atoms with Crippen LogP contribution in [-0.4, -0.2) is 44.1 Å². The maximum absolute atomic E-state index is 12.3. The van der Waals surface area contributed by atoms with Crippen LogP contribution in [-0.2, 0) is 4.79 Å². The van der Waals surface area contributed by atoms with E-state index >= 15 is 0 Å². The SMILES string of the molecule is CNCC1CCCN(C(=O)CCCCOc2cc(C)ccc2C)C1.Cl. The van der Waals surface area contributed by atoms with Crippen molar-refractivity contribution >= 4 is 18.3 Å². The second kappa shape index (κ2) is 11.4. The van der Waals surface area contributed by atoms with E-state index in [-0.39, 0.29) is 12.4 Å². The summed E-state index contributed by atoms with van der Waals surface area (Å²) < 4.78 is 5.86. The molecule has 1 N–H and O–H groups in total. The van der Waals surface area contributed by atoms with E-state index in [0.717, 1.165) is 44.6 Å². The molecule has 0 saturated carbocycles. The molecule has 0 spiro atoms. The van der Waals surface area contributed by atoms with Gasteiger partial charge >= 0.3 is 0 Å². The van der Waals surface area contributed by atoms with Crippen molar-refractivity contribution in [2.45, 2.75) is 46.0 Å². The number of nitrogens with zero attached hydrogens (tertiary/aromatic N) is 1. The summed E-state index contributed by atoms with van der Waals surface area (Å²) in [5.41, 5.74) is 2.38. The molecule has 5 heteroatoms. The van der Waals surface area contributed by atoms with Crippen molar-refractivity contribution in [3.05, 3.63) is 29.3 Å². The summed E-state index contributed by atoms with van der Waals surface area (Å²) in [6, 6.07) is 6.27. The first-order valence-corrected chi connectivity index (χ1v) is 9.22. The molecule has 1 amide bonds. The van der Waals surface area contributed by atoms with Crippen molar-refractivity contribution < 1.29 is 9.53 Å². The van der Waals surface area contributed by atoms with Gasteiger partial charge in [-0.1, -0.05) is 12.1 Å². The van der Waals surface area contributed by atoms with E-state index in [1.165, 1.54) is 17.5 Å². The van der Waals surface area contributed by atoms with Crippen LogP contribution in [0.1, 0.15) is 43.2 Å². The molecule has 1 fully saturated rings. The third-order valence-corrected chi connectivity index (χ3v) is 4.75. The van der Waals surface area contributed by atoms with E-state index in [4.69, 9.17) is 4.74 Å². The van der Waals surface area contributed by atoms with Crippen molar-refractivity contribution in [2.24, 2.45) is 5.92 Å². The Morgan fingerprint density at radius 1 is 1.32 bits per heavy atom. The van der Waals surface area contributed by atoms with Crippen LogP contribution in [0.4, 0.5) is 0 Å². The van der Waals surface area contributed by atoms with Gasteiger partial charge in [0.25, 0.3) is 0 Å². The second-order valence-electron chi connectivity index (χ2n) is 6.98. The number of amides is 1. The first-order valence-electron chi connectivity index (χ1n) is 9.22. The van der Waals surface area contributed by atoms with Crippen LogP contribution >= 0.6 is 12.4 Å². The first-order chi connectivity index (χ1) is 11.6. The fraction of sp³-hybridized carbons (Fsp3) is 0.650. The van der Waals surface area contributed by atoms with E-state index in [1.54, 1.807) is 0 Å². The summed E-state index contributed by atoms with van der Waals surface area (Å²) in [6.07, 6.45) is 4.83. The summed E-state index contributed by atoms with van der Waals surface area (Å²) >= 11 is 0. The molecule has 1 aliphatic heterocycles. The molecule has 1 saturated heterocycles. The minimum atomic E-state index is 0. The van der Waals surface area contributed by atoms with Crippen LogP contribution in [0, 0.1) is 19.8 Å². The third-order valence-electron chi connectivity index (χ3n) is 4.75. The number of likely N-dealkylation sites (tertiary alicyclic amines) is 1. The third kappa shape index (κ3) is 7.25. The Bertz CT molecular complexity index is 534. The molecule has 25 heavy (non-hydrogen) atoms. The summed E-state index contributed by atoms with van der Waals surface area (Å²) in [7, 11) is 1.98. The van der Waals surface area contributed by atoms with Gasteiger partial charge in [0.1, 0.15) is 5.75 Å². The highest BCUT2D eigenvalue weighted by molar-refractivity contribution is 5.85. The summed E-state index contributed by atoms with van der Waals surface area (Å²) in [5.74, 6) is 1.88. The number of rotatable bonds is 8. The lowest BCUT2D eigenvalue weighted by Gasteiger charge is -2.32. The summed E-state index contributed by atoms with van der Waals surface area (Å²) in [6.45, 7) is 7.67. The maximum atomic E-state index is 12.3. The standard InChI is InChI=1S/C20H32N2O2.ClH/c1-16-9-10-17(2)19(13-16)24-12-5-4-8-20(23)22-11-6-7-18(15-22)14-21-3;/h9-10,13,18,21H,4-8,11-12,14-15H2,1-3H3;1H. The van der Waals surface area contributed by atoms with E-state index < -0.39 is 0 Å². The van der Waals surface area contributed by atoms with Gasteiger partial charge < -0.3 is 15.0 Å². The number of hydrogen-bond acceptors (Lipinski definition) is 3. The zero-order valence-corrected chi connectivity index (χ0v) is 16.7. The quantitative estimate of drug-likeness (QED) is 0.711. The summed E-state index contributed by atoms with van der Waals surface area (Å²) in [4.78, 5) is 14.4. The molecule has 0 aliphatic carbocycles. The van der Waals surface area contributed by atoms with Crippen LogP contribution in [0.15, 0.2) is 18.2 Å². The lowest BCUT2D eigenvalue weighted by atomic mass is 9.97. The van der Waals surface area contributed by atoms with Gasteiger partial charge in [0.05, 0.1) is 6.61 Å². The van der Waals surface area contributed by atoms with Crippen LogP contribution in [0.2, 0.25) is 0 Å². The first kappa shape index (κ1) is 21.8. The van der Waals surface area contributed by atoms with Crippen molar-refractivity contribution in [1.29, 1.82) is 0 Å². The average molecular weight is 369 g/mol. The lowest BCUT2D eigenvalue weighted by Crippen LogP contribution is -2.42. The molecule has 1 unspecified atom stereocenters. The number of piperidine rings is 1. The molecular weight excluding hydrogens is 336 g/mol. The molecular formula is C20H33ClN2O2. The molecule has 0 bridgehead atoms. The van der Waals surface area contributed by atoms with E-state index in [1.807, 2.05) is 7.05 Å². The van der Waals surface area contributed by atoms with Crippen molar-refractivity contribution in [2.75, 3.05) is 33.3 Å². The van der Waals surface area contributed by atoms with Crippen LogP contribution < -0.4 is 10.1 Å². The Balaban J connectivity index is 0.00000312. The minimum absolute atomic E-state index is 0. The van der Waals surface area contributed by atoms with Gasteiger partial charge in [0, 0.05) is 19.5 Å². The highest BCUT2D eigenvalue weighted by Gasteiger charge is 2.22. The Morgan fingerprint density at radius 3 is 2.88 bits per heavy atom. The van der Waals surface area contributed by atoms with Crippen LogP contribution in [0.3, 0.4) is 0 Å². The molecule has 0 aromatic heterocycles. The molecule has 1 aromatic carbocycles. The zero-order valence-electron chi connectivity index (χ0n) is 15.8. The lowest BCUT2D eigenvalue weighted by molar-refractivity contribution is -0.133. The highest BCUT2D eigenvalue weighted by Crippen LogP contribution is 2.20. The smallest absolute Gasteiger partial charge is 0.222 e. The molecule has 1 atom stereocenters. The van der Waals surface area contributed by atoms with Crippen LogP contribution in [0.25, 0.3) is 0 Å². The van der Waals surface area contributed by atoms with E-state index in [0.29, 0.717) is 24.9 Å². The number of carbonyl (C=O) groups is 1. The van der Waals surface area contributed by atoms with Gasteiger partial charge in [0.15, 0.2) is 0 Å². The molecule has 1 heterocycles. The molecule has 2 rings (SSSR count). The number of nitrogens with one attached hydrogen (secondary N) is 1. The van der Waals surface area contributed by atoms with Gasteiger partial charge in [-0.3, -0.25) is 4.79 Å². The summed E-state index contributed by atoms with van der Waals surface area (Å²) in [5, 5.41) is 3.23. The largest absolute Gasteiger partial charge is 0.493 e. The number of carbonyl (C=O) groups excluding carboxylic acids is 1. The fourth-order valence-corrected chi connectivity index (χ4v) is 3.33. The monoisotopic (exact) mass is 368 g/mol. The van der Waals surface area contributed by atoms with Gasteiger partial charge in [-0.05, 0) is 76.2 Å².